The molecular weight excluding hydrogens is 274 g/mol. The molecule has 0 saturated heterocycles. The van der Waals surface area contributed by atoms with E-state index in [1.54, 1.807) is 0 Å². The molecule has 7 nitrogen and oxygen atoms in total. The van der Waals surface area contributed by atoms with Gasteiger partial charge in [0, 0.05) is 13.2 Å². The third-order valence-corrected chi connectivity index (χ3v) is 3.65. The molecule has 2 atom stereocenters. The van der Waals surface area contributed by atoms with Gasteiger partial charge in [0.15, 0.2) is 0 Å². The second-order valence-electron chi connectivity index (χ2n) is 5.20. The first kappa shape index (κ1) is 15.7. The van der Waals surface area contributed by atoms with Crippen LogP contribution in [0.3, 0.4) is 0 Å². The van der Waals surface area contributed by atoms with E-state index in [0.717, 1.165) is 19.3 Å². The summed E-state index contributed by atoms with van der Waals surface area (Å²) >= 11 is 0. The van der Waals surface area contributed by atoms with Crippen LogP contribution in [-0.4, -0.2) is 46.7 Å². The Hall–Kier alpha value is -1.73. The first-order chi connectivity index (χ1) is 10.1. The van der Waals surface area contributed by atoms with E-state index in [0.29, 0.717) is 19.6 Å². The lowest BCUT2D eigenvalue weighted by Gasteiger charge is -2.28. The fourth-order valence-corrected chi connectivity index (χ4v) is 2.43. The maximum Gasteiger partial charge on any atom is 0.272 e. The zero-order valence-electron chi connectivity index (χ0n) is 12.1. The molecule has 1 amide bonds. The summed E-state index contributed by atoms with van der Waals surface area (Å²) in [5.74, 6) is -0.368. The molecule has 2 N–H and O–H groups in total. The number of hydrogen-bond donors (Lipinski definition) is 2. The molecule has 116 valence electrons. The van der Waals surface area contributed by atoms with Gasteiger partial charge in [-0.2, -0.15) is 5.10 Å². The van der Waals surface area contributed by atoms with Crippen molar-refractivity contribution in [3.8, 4) is 0 Å². The van der Waals surface area contributed by atoms with E-state index in [9.17, 15) is 14.7 Å². The topological polar surface area (TPSA) is 93.5 Å². The van der Waals surface area contributed by atoms with Crippen molar-refractivity contribution in [1.29, 1.82) is 0 Å². The zero-order valence-corrected chi connectivity index (χ0v) is 12.1. The average molecular weight is 295 g/mol. The maximum atomic E-state index is 12.2. The molecule has 1 aromatic heterocycles. The fraction of sp³-hybridized carbons (Fsp3) is 0.643. The summed E-state index contributed by atoms with van der Waals surface area (Å²) in [5, 5.41) is 16.7. The predicted octanol–water partition coefficient (Wildman–Crippen LogP) is -0.0770. The third-order valence-electron chi connectivity index (χ3n) is 3.65. The van der Waals surface area contributed by atoms with Crippen molar-refractivity contribution in [2.24, 2.45) is 0 Å². The van der Waals surface area contributed by atoms with Gasteiger partial charge >= 0.3 is 0 Å². The van der Waals surface area contributed by atoms with Gasteiger partial charge in [-0.1, -0.05) is 12.8 Å². The smallest absolute Gasteiger partial charge is 0.272 e. The highest BCUT2D eigenvalue weighted by Crippen LogP contribution is 2.18. The lowest BCUT2D eigenvalue weighted by Crippen LogP contribution is -2.45. The van der Waals surface area contributed by atoms with Gasteiger partial charge in [-0.15, -0.1) is 0 Å². The van der Waals surface area contributed by atoms with Crippen molar-refractivity contribution in [2.45, 2.75) is 44.4 Å². The van der Waals surface area contributed by atoms with Crippen molar-refractivity contribution in [3.63, 3.8) is 0 Å². The molecule has 2 rings (SSSR count). The van der Waals surface area contributed by atoms with Crippen molar-refractivity contribution >= 4 is 5.91 Å². The molecular formula is C14H21N3O4. The molecule has 7 heteroatoms. The number of nitrogens with zero attached hydrogens (tertiary/aromatic N) is 2. The van der Waals surface area contributed by atoms with Crippen LogP contribution in [0.1, 0.15) is 36.2 Å². The Morgan fingerprint density at radius 3 is 2.95 bits per heavy atom. The predicted molar refractivity (Wildman–Crippen MR) is 76.1 cm³/mol. The Bertz CT molecular complexity index is 543. The molecule has 0 bridgehead atoms. The molecule has 1 aromatic rings. The summed E-state index contributed by atoms with van der Waals surface area (Å²) in [7, 11) is 1.53. The third kappa shape index (κ3) is 4.12. The Morgan fingerprint density at radius 2 is 2.24 bits per heavy atom. The zero-order chi connectivity index (χ0) is 15.2. The summed E-state index contributed by atoms with van der Waals surface area (Å²) in [4.78, 5) is 23.8. The van der Waals surface area contributed by atoms with E-state index < -0.39 is 6.10 Å². The van der Waals surface area contributed by atoms with E-state index in [1.165, 1.54) is 23.9 Å². The first-order valence-electron chi connectivity index (χ1n) is 7.18. The van der Waals surface area contributed by atoms with E-state index in [-0.39, 0.29) is 23.2 Å². The van der Waals surface area contributed by atoms with Crippen LogP contribution in [0.2, 0.25) is 0 Å². The second kappa shape index (κ2) is 7.33. The number of nitrogens with one attached hydrogen (secondary N) is 1. The molecule has 1 aliphatic carbocycles. The minimum absolute atomic E-state index is 0.170. The van der Waals surface area contributed by atoms with Crippen LogP contribution >= 0.6 is 0 Å². The van der Waals surface area contributed by atoms with Gasteiger partial charge in [-0.05, 0) is 18.9 Å². The molecule has 1 heterocycles. The molecule has 0 aromatic carbocycles. The van der Waals surface area contributed by atoms with Gasteiger partial charge in [0.2, 0.25) is 0 Å². The van der Waals surface area contributed by atoms with Crippen LogP contribution in [0.4, 0.5) is 0 Å². The highest BCUT2D eigenvalue weighted by Gasteiger charge is 2.25. The Labute approximate surface area is 122 Å². The van der Waals surface area contributed by atoms with Crippen molar-refractivity contribution in [3.05, 3.63) is 28.2 Å². The monoisotopic (exact) mass is 295 g/mol. The summed E-state index contributed by atoms with van der Waals surface area (Å²) in [5.41, 5.74) is -0.107. The minimum atomic E-state index is -0.512. The van der Waals surface area contributed by atoms with Gasteiger partial charge in [0.25, 0.3) is 11.5 Å². The lowest BCUT2D eigenvalue weighted by atomic mass is 9.92. The Kier molecular flexibility index (Phi) is 5.46. The number of carbonyl (C=O) groups excluding carboxylic acids is 1. The van der Waals surface area contributed by atoms with Crippen LogP contribution in [0.25, 0.3) is 0 Å². The summed E-state index contributed by atoms with van der Waals surface area (Å²) in [6.45, 7) is 0.641. The molecule has 21 heavy (non-hydrogen) atoms. The maximum absolute atomic E-state index is 12.2. The van der Waals surface area contributed by atoms with E-state index in [4.69, 9.17) is 4.74 Å². The van der Waals surface area contributed by atoms with Crippen LogP contribution in [0.5, 0.6) is 0 Å². The van der Waals surface area contributed by atoms with Gasteiger partial charge in [-0.25, -0.2) is 4.68 Å². The van der Waals surface area contributed by atoms with E-state index in [2.05, 4.69) is 10.4 Å². The number of methoxy groups -OCH3 is 1. The van der Waals surface area contributed by atoms with Gasteiger partial charge in [0.1, 0.15) is 5.69 Å². The van der Waals surface area contributed by atoms with Crippen molar-refractivity contribution in [2.75, 3.05) is 13.7 Å². The van der Waals surface area contributed by atoms with Crippen LogP contribution in [0, 0.1) is 0 Å². The summed E-state index contributed by atoms with van der Waals surface area (Å²) < 4.78 is 6.11. The number of aromatic nitrogens is 2. The van der Waals surface area contributed by atoms with Gasteiger partial charge < -0.3 is 15.2 Å². The molecule has 1 fully saturated rings. The Balaban J connectivity index is 2.06. The van der Waals surface area contributed by atoms with Crippen LogP contribution in [0.15, 0.2) is 16.9 Å². The first-order valence-corrected chi connectivity index (χ1v) is 7.18. The highest BCUT2D eigenvalue weighted by molar-refractivity contribution is 5.92. The molecule has 0 spiro atoms. The largest absolute Gasteiger partial charge is 0.391 e. The quantitative estimate of drug-likeness (QED) is 0.792. The summed E-state index contributed by atoms with van der Waals surface area (Å²) in [6, 6.07) is 2.47. The number of carbonyl (C=O) groups is 1. The van der Waals surface area contributed by atoms with Crippen molar-refractivity contribution < 1.29 is 14.6 Å². The van der Waals surface area contributed by atoms with E-state index >= 15 is 0 Å². The van der Waals surface area contributed by atoms with Crippen LogP contribution in [-0.2, 0) is 11.3 Å². The highest BCUT2D eigenvalue weighted by atomic mass is 16.5. The number of ether oxygens (including phenoxy) is 1. The van der Waals surface area contributed by atoms with Gasteiger partial charge in [0.05, 0.1) is 25.3 Å². The van der Waals surface area contributed by atoms with Crippen LogP contribution < -0.4 is 10.9 Å². The molecule has 0 radical (unpaired) electrons. The molecule has 1 aliphatic rings. The fourth-order valence-electron chi connectivity index (χ4n) is 2.43. The SMILES string of the molecule is COCCn1nc(C(=O)NC2CCCCC2O)ccc1=O. The second-order valence-corrected chi connectivity index (χ2v) is 5.20. The Morgan fingerprint density at radius 1 is 1.48 bits per heavy atom. The lowest BCUT2D eigenvalue weighted by molar-refractivity contribution is 0.0711. The van der Waals surface area contributed by atoms with Crippen molar-refractivity contribution in [1.82, 2.24) is 15.1 Å². The number of aliphatic hydroxyl groups is 1. The standard InChI is InChI=1S/C14H21N3O4/c1-21-9-8-17-13(19)7-6-11(16-17)14(20)15-10-4-2-3-5-12(10)18/h6-7,10,12,18H,2-5,8-9H2,1H3,(H,15,20). The minimum Gasteiger partial charge on any atom is -0.391 e. The normalized spacial score (nSPS) is 22.0. The summed E-state index contributed by atoms with van der Waals surface area (Å²) in [6.07, 6.45) is 2.92. The molecule has 0 aliphatic heterocycles. The molecule has 1 saturated carbocycles. The molecule has 2 unspecified atom stereocenters. The number of hydrogen-bond acceptors (Lipinski definition) is 5. The number of amides is 1. The average Bonchev–Trinajstić information content (AvgIpc) is 2.48. The number of rotatable bonds is 5. The van der Waals surface area contributed by atoms with Gasteiger partial charge in [-0.3, -0.25) is 9.59 Å². The number of aliphatic hydroxyl groups excluding tert-OH is 1. The van der Waals surface area contributed by atoms with E-state index in [1.807, 2.05) is 0 Å².